The number of H-pyrrole nitrogens is 2. The van der Waals surface area contributed by atoms with E-state index in [1.54, 1.807) is 0 Å². The molecule has 0 saturated heterocycles. The number of fused-ring (bicyclic) bond motifs is 1. The van der Waals surface area contributed by atoms with Gasteiger partial charge in [0.1, 0.15) is 11.1 Å². The molecular weight excluding hydrogens is 306 g/mol. The van der Waals surface area contributed by atoms with E-state index in [0.717, 1.165) is 24.2 Å². The van der Waals surface area contributed by atoms with E-state index in [4.69, 9.17) is 4.74 Å². The standard InChI is InChI=1S/C17H19N5O2/c23-16-14-10-19-22-15(14)20-17(21-16)18-9-11-5-7-13(8-6-11)24-12-3-1-2-4-12/h5-8,10,12H,1-4,9H2,(H3,18,19,20,21,22,23). The lowest BCUT2D eigenvalue weighted by atomic mass is 10.2. The normalized spacial score (nSPS) is 15.0. The van der Waals surface area contributed by atoms with Gasteiger partial charge in [0.15, 0.2) is 5.65 Å². The summed E-state index contributed by atoms with van der Waals surface area (Å²) in [5.74, 6) is 1.33. The summed E-state index contributed by atoms with van der Waals surface area (Å²) < 4.78 is 5.96. The molecule has 7 nitrogen and oxygen atoms in total. The molecule has 0 atom stereocenters. The van der Waals surface area contributed by atoms with Crippen molar-refractivity contribution in [3.05, 3.63) is 46.4 Å². The van der Waals surface area contributed by atoms with Crippen molar-refractivity contribution in [2.45, 2.75) is 38.3 Å². The van der Waals surface area contributed by atoms with Gasteiger partial charge in [-0.2, -0.15) is 10.1 Å². The van der Waals surface area contributed by atoms with Gasteiger partial charge in [-0.15, -0.1) is 0 Å². The lowest BCUT2D eigenvalue weighted by molar-refractivity contribution is 0.210. The summed E-state index contributed by atoms with van der Waals surface area (Å²) in [6.07, 6.45) is 6.66. The molecule has 3 aromatic rings. The van der Waals surface area contributed by atoms with Crippen LogP contribution in [0.3, 0.4) is 0 Å². The highest BCUT2D eigenvalue weighted by molar-refractivity contribution is 5.73. The number of nitrogens with zero attached hydrogens (tertiary/aromatic N) is 2. The minimum atomic E-state index is -0.212. The molecular formula is C17H19N5O2. The Kier molecular flexibility index (Phi) is 3.90. The fraction of sp³-hybridized carbons (Fsp3) is 0.353. The molecule has 24 heavy (non-hydrogen) atoms. The molecule has 124 valence electrons. The molecule has 1 fully saturated rings. The molecule has 0 spiro atoms. The highest BCUT2D eigenvalue weighted by Crippen LogP contribution is 2.24. The second-order valence-corrected chi connectivity index (χ2v) is 6.07. The van der Waals surface area contributed by atoms with E-state index in [0.29, 0.717) is 29.6 Å². The number of benzene rings is 1. The maximum atomic E-state index is 11.9. The summed E-state index contributed by atoms with van der Waals surface area (Å²) in [6, 6.07) is 8.02. The Balaban J connectivity index is 1.40. The SMILES string of the molecule is O=c1[nH]c(NCc2ccc(OC3CCCC3)cc2)nc2[nH]ncc12. The number of ether oxygens (including phenoxy) is 1. The molecule has 0 radical (unpaired) electrons. The van der Waals surface area contributed by atoms with E-state index in [1.165, 1.54) is 19.0 Å². The monoisotopic (exact) mass is 325 g/mol. The molecule has 1 aromatic carbocycles. The van der Waals surface area contributed by atoms with Gasteiger partial charge in [-0.3, -0.25) is 14.9 Å². The fourth-order valence-corrected chi connectivity index (χ4v) is 3.00. The molecule has 1 aliphatic carbocycles. The molecule has 2 aromatic heterocycles. The summed E-state index contributed by atoms with van der Waals surface area (Å²) in [5, 5.41) is 10.1. The Morgan fingerprint density at radius 1 is 1.21 bits per heavy atom. The number of aromatic nitrogens is 4. The average molecular weight is 325 g/mol. The van der Waals surface area contributed by atoms with E-state index in [1.807, 2.05) is 24.3 Å². The van der Waals surface area contributed by atoms with E-state index >= 15 is 0 Å². The Labute approximate surface area is 138 Å². The van der Waals surface area contributed by atoms with Crippen molar-refractivity contribution in [2.75, 3.05) is 5.32 Å². The van der Waals surface area contributed by atoms with Crippen molar-refractivity contribution in [1.29, 1.82) is 0 Å². The predicted octanol–water partition coefficient (Wildman–Crippen LogP) is 2.58. The van der Waals surface area contributed by atoms with Crippen LogP contribution in [0, 0.1) is 0 Å². The van der Waals surface area contributed by atoms with Gasteiger partial charge >= 0.3 is 0 Å². The summed E-state index contributed by atoms with van der Waals surface area (Å²) in [5.41, 5.74) is 1.35. The van der Waals surface area contributed by atoms with Gasteiger partial charge in [-0.25, -0.2) is 0 Å². The van der Waals surface area contributed by atoms with Gasteiger partial charge in [0.25, 0.3) is 5.56 Å². The number of anilines is 1. The van der Waals surface area contributed by atoms with E-state index in [-0.39, 0.29) is 5.56 Å². The van der Waals surface area contributed by atoms with Gasteiger partial charge in [0, 0.05) is 6.54 Å². The second kappa shape index (κ2) is 6.35. The van der Waals surface area contributed by atoms with Crippen LogP contribution in [0.15, 0.2) is 35.3 Å². The van der Waals surface area contributed by atoms with Gasteiger partial charge in [0.05, 0.1) is 12.3 Å². The molecule has 4 rings (SSSR count). The number of hydrogen-bond donors (Lipinski definition) is 3. The van der Waals surface area contributed by atoms with Crippen LogP contribution in [0.25, 0.3) is 11.0 Å². The first-order chi connectivity index (χ1) is 11.8. The summed E-state index contributed by atoms with van der Waals surface area (Å²) in [4.78, 5) is 18.9. The maximum Gasteiger partial charge on any atom is 0.263 e. The molecule has 7 heteroatoms. The molecule has 1 aliphatic rings. The zero-order valence-corrected chi connectivity index (χ0v) is 13.2. The van der Waals surface area contributed by atoms with E-state index < -0.39 is 0 Å². The predicted molar refractivity (Wildman–Crippen MR) is 91.2 cm³/mol. The third-order valence-corrected chi connectivity index (χ3v) is 4.31. The molecule has 0 amide bonds. The molecule has 0 bridgehead atoms. The minimum absolute atomic E-state index is 0.212. The van der Waals surface area contributed by atoms with Gasteiger partial charge < -0.3 is 10.1 Å². The highest BCUT2D eigenvalue weighted by atomic mass is 16.5. The van der Waals surface area contributed by atoms with Crippen LogP contribution in [0.5, 0.6) is 5.75 Å². The average Bonchev–Trinajstić information content (AvgIpc) is 3.26. The number of rotatable bonds is 5. The van der Waals surface area contributed by atoms with E-state index in [2.05, 4.69) is 25.5 Å². The molecule has 0 aliphatic heterocycles. The van der Waals surface area contributed by atoms with Crippen LogP contribution in [0.1, 0.15) is 31.2 Å². The highest BCUT2D eigenvalue weighted by Gasteiger charge is 2.16. The number of aromatic amines is 2. The largest absolute Gasteiger partial charge is 0.490 e. The van der Waals surface area contributed by atoms with Crippen LogP contribution in [-0.4, -0.2) is 26.3 Å². The molecule has 2 heterocycles. The number of nitrogens with one attached hydrogen (secondary N) is 3. The summed E-state index contributed by atoms with van der Waals surface area (Å²) in [7, 11) is 0. The zero-order valence-electron chi connectivity index (χ0n) is 13.2. The van der Waals surface area contributed by atoms with Crippen molar-refractivity contribution in [3.8, 4) is 5.75 Å². The van der Waals surface area contributed by atoms with Crippen LogP contribution in [-0.2, 0) is 6.54 Å². The van der Waals surface area contributed by atoms with Crippen molar-refractivity contribution in [1.82, 2.24) is 20.2 Å². The quantitative estimate of drug-likeness (QED) is 0.670. The topological polar surface area (TPSA) is 95.7 Å². The first kappa shape index (κ1) is 14.7. The summed E-state index contributed by atoms with van der Waals surface area (Å²) in [6.45, 7) is 0.562. The molecule has 3 N–H and O–H groups in total. The Morgan fingerprint density at radius 3 is 2.79 bits per heavy atom. The third-order valence-electron chi connectivity index (χ3n) is 4.31. The van der Waals surface area contributed by atoms with Crippen LogP contribution in [0.2, 0.25) is 0 Å². The minimum Gasteiger partial charge on any atom is -0.490 e. The number of hydrogen-bond acceptors (Lipinski definition) is 5. The molecule has 1 saturated carbocycles. The molecule has 0 unspecified atom stereocenters. The van der Waals surface area contributed by atoms with E-state index in [9.17, 15) is 4.79 Å². The zero-order chi connectivity index (χ0) is 16.4. The third kappa shape index (κ3) is 3.10. The van der Waals surface area contributed by atoms with Crippen LogP contribution >= 0.6 is 0 Å². The maximum absolute atomic E-state index is 11.9. The Hall–Kier alpha value is -2.83. The van der Waals surface area contributed by atoms with Crippen molar-refractivity contribution in [3.63, 3.8) is 0 Å². The Morgan fingerprint density at radius 2 is 2.00 bits per heavy atom. The fourth-order valence-electron chi connectivity index (χ4n) is 3.00. The first-order valence-electron chi connectivity index (χ1n) is 8.21. The first-order valence-corrected chi connectivity index (χ1v) is 8.21. The van der Waals surface area contributed by atoms with Crippen molar-refractivity contribution < 1.29 is 4.74 Å². The Bertz CT molecular complexity index is 878. The van der Waals surface area contributed by atoms with Crippen molar-refractivity contribution in [2.24, 2.45) is 0 Å². The van der Waals surface area contributed by atoms with Crippen LogP contribution in [0.4, 0.5) is 5.95 Å². The second-order valence-electron chi connectivity index (χ2n) is 6.07. The van der Waals surface area contributed by atoms with Gasteiger partial charge in [-0.1, -0.05) is 12.1 Å². The summed E-state index contributed by atoms with van der Waals surface area (Å²) >= 11 is 0. The van der Waals surface area contributed by atoms with Gasteiger partial charge in [-0.05, 0) is 43.4 Å². The van der Waals surface area contributed by atoms with Crippen molar-refractivity contribution >= 4 is 17.0 Å². The smallest absolute Gasteiger partial charge is 0.263 e. The van der Waals surface area contributed by atoms with Gasteiger partial charge in [0.2, 0.25) is 5.95 Å². The lowest BCUT2D eigenvalue weighted by Crippen LogP contribution is -2.13. The van der Waals surface area contributed by atoms with Crippen LogP contribution < -0.4 is 15.6 Å². The lowest BCUT2D eigenvalue weighted by Gasteiger charge is -2.13.